The highest BCUT2D eigenvalue weighted by molar-refractivity contribution is 5.94. The average Bonchev–Trinajstić information content (AvgIpc) is 2.43. The van der Waals surface area contributed by atoms with Crippen molar-refractivity contribution < 1.29 is 28.8 Å². The lowest BCUT2D eigenvalue weighted by Gasteiger charge is -2.20. The molecule has 0 N–H and O–H groups in total. The molecule has 0 aromatic heterocycles. The van der Waals surface area contributed by atoms with Gasteiger partial charge in [-0.1, -0.05) is 0 Å². The molecule has 0 rings (SSSR count). The first-order valence-electron chi connectivity index (χ1n) is 9.81. The molecular weight excluding hydrogens is 390 g/mol. The summed E-state index contributed by atoms with van der Waals surface area (Å²) in [6.07, 6.45) is 0. The zero-order chi connectivity index (χ0) is 24.9. The van der Waals surface area contributed by atoms with E-state index in [2.05, 4.69) is 0 Å². The Morgan fingerprint density at radius 2 is 0.467 bits per heavy atom. The largest absolute Gasteiger partial charge is 0.281 e. The summed E-state index contributed by atoms with van der Waals surface area (Å²) in [7, 11) is 0. The number of carbonyl (C=O) groups is 6. The second kappa shape index (κ2) is 15.3. The minimum atomic E-state index is -0.192. The summed E-state index contributed by atoms with van der Waals surface area (Å²) in [5.41, 5.74) is 0. The van der Waals surface area contributed by atoms with Gasteiger partial charge in [-0.05, 0) is 41.5 Å². The molecule has 0 fully saturated rings. The fraction of sp³-hybridized carbons (Fsp3) is 0.714. The molecule has 30 heavy (non-hydrogen) atoms. The van der Waals surface area contributed by atoms with Gasteiger partial charge in [0.25, 0.3) is 0 Å². The van der Waals surface area contributed by atoms with Gasteiger partial charge in [-0.3, -0.25) is 43.5 Å². The van der Waals surface area contributed by atoms with Gasteiger partial charge in [0.1, 0.15) is 0 Å². The average molecular weight is 430 g/mol. The first kappa shape index (κ1) is 32.1. The molecule has 0 unspecified atom stereocenters. The molecule has 0 spiro atoms. The first-order valence-corrected chi connectivity index (χ1v) is 9.81. The number of imide groups is 3. The van der Waals surface area contributed by atoms with E-state index in [9.17, 15) is 28.8 Å². The minimum absolute atomic E-state index is 0.0324. The molecule has 0 atom stereocenters. The van der Waals surface area contributed by atoms with Crippen molar-refractivity contribution in [2.45, 2.75) is 101 Å². The highest BCUT2D eigenvalue weighted by Crippen LogP contribution is 1.99. The van der Waals surface area contributed by atoms with Crippen molar-refractivity contribution in [3.8, 4) is 0 Å². The molecule has 0 heterocycles. The van der Waals surface area contributed by atoms with Crippen LogP contribution in [0.4, 0.5) is 0 Å². The van der Waals surface area contributed by atoms with Gasteiger partial charge in [-0.25, -0.2) is 0 Å². The third-order valence-electron chi connectivity index (χ3n) is 3.58. The van der Waals surface area contributed by atoms with Crippen molar-refractivity contribution in [3.05, 3.63) is 0 Å². The molecule has 9 nitrogen and oxygen atoms in total. The summed E-state index contributed by atoms with van der Waals surface area (Å²) in [6, 6.07) is -0.0972. The van der Waals surface area contributed by atoms with E-state index in [-0.39, 0.29) is 53.6 Å². The van der Waals surface area contributed by atoms with Gasteiger partial charge >= 0.3 is 0 Å². The molecule has 0 aliphatic heterocycles. The summed E-state index contributed by atoms with van der Waals surface area (Å²) < 4.78 is 0. The second-order valence-electron chi connectivity index (χ2n) is 7.51. The van der Waals surface area contributed by atoms with E-state index in [1.165, 1.54) is 56.2 Å². The van der Waals surface area contributed by atoms with Crippen LogP contribution in [-0.4, -0.2) is 68.3 Å². The Hall–Kier alpha value is -2.58. The summed E-state index contributed by atoms with van der Waals surface area (Å²) in [4.78, 5) is 68.1. The van der Waals surface area contributed by atoms with Gasteiger partial charge in [-0.2, -0.15) is 0 Å². The Bertz CT molecular complexity index is 499. The van der Waals surface area contributed by atoms with Gasteiger partial charge in [0.2, 0.25) is 35.4 Å². The van der Waals surface area contributed by atoms with Crippen LogP contribution < -0.4 is 0 Å². The van der Waals surface area contributed by atoms with Crippen molar-refractivity contribution in [1.29, 1.82) is 0 Å². The van der Waals surface area contributed by atoms with Crippen LogP contribution in [-0.2, 0) is 28.8 Å². The van der Waals surface area contributed by atoms with Gasteiger partial charge in [-0.15, -0.1) is 0 Å². The SMILES string of the molecule is CC(=O)N(C(C)=O)C(C)C.CC(=O)N(C(C)=O)C(C)C.CC(=O)N(C(C)=O)C(C)C. The van der Waals surface area contributed by atoms with E-state index in [4.69, 9.17) is 0 Å². The van der Waals surface area contributed by atoms with Crippen LogP contribution in [0.15, 0.2) is 0 Å². The molecule has 174 valence electrons. The Labute approximate surface area is 180 Å². The zero-order valence-electron chi connectivity index (χ0n) is 20.5. The number of amides is 6. The van der Waals surface area contributed by atoms with E-state index in [1.807, 2.05) is 41.5 Å². The van der Waals surface area contributed by atoms with Crippen LogP contribution in [0, 0.1) is 0 Å². The maximum absolute atomic E-state index is 10.7. The standard InChI is InChI=1S/3C7H13NO2/c3*1-5(2)8(6(3)9)7(4)10/h3*5H,1-4H3. The Morgan fingerprint density at radius 1 is 0.367 bits per heavy atom. The maximum Gasteiger partial charge on any atom is 0.226 e. The molecule has 0 aromatic rings. The molecule has 0 saturated carbocycles. The smallest absolute Gasteiger partial charge is 0.226 e. The van der Waals surface area contributed by atoms with Crippen molar-refractivity contribution >= 4 is 35.4 Å². The number of carbonyl (C=O) groups excluding carboxylic acids is 6. The Kier molecular flexibility index (Phi) is 16.4. The number of nitrogens with zero attached hydrogens (tertiary/aromatic N) is 3. The molecule has 9 heteroatoms. The van der Waals surface area contributed by atoms with Crippen LogP contribution in [0.5, 0.6) is 0 Å². The van der Waals surface area contributed by atoms with Gasteiger partial charge in [0, 0.05) is 59.7 Å². The topological polar surface area (TPSA) is 112 Å². The van der Waals surface area contributed by atoms with Crippen molar-refractivity contribution in [2.24, 2.45) is 0 Å². The molecule has 0 saturated heterocycles. The highest BCUT2D eigenvalue weighted by Gasteiger charge is 2.17. The minimum Gasteiger partial charge on any atom is -0.281 e. The highest BCUT2D eigenvalue weighted by atomic mass is 16.2. The van der Waals surface area contributed by atoms with Crippen LogP contribution in [0.25, 0.3) is 0 Å². The van der Waals surface area contributed by atoms with Crippen LogP contribution in [0.3, 0.4) is 0 Å². The van der Waals surface area contributed by atoms with E-state index in [1.54, 1.807) is 0 Å². The zero-order valence-corrected chi connectivity index (χ0v) is 20.5. The third-order valence-corrected chi connectivity index (χ3v) is 3.58. The molecule has 0 bridgehead atoms. The number of hydrogen-bond acceptors (Lipinski definition) is 6. The van der Waals surface area contributed by atoms with Crippen LogP contribution in [0.2, 0.25) is 0 Å². The molecule has 0 aliphatic carbocycles. The quantitative estimate of drug-likeness (QED) is 0.681. The second-order valence-corrected chi connectivity index (χ2v) is 7.51. The molecule has 0 aromatic carbocycles. The fourth-order valence-corrected chi connectivity index (χ4v) is 2.85. The number of rotatable bonds is 3. The lowest BCUT2D eigenvalue weighted by molar-refractivity contribution is -0.145. The number of hydrogen-bond donors (Lipinski definition) is 0. The normalized spacial score (nSPS) is 9.70. The van der Waals surface area contributed by atoms with Gasteiger partial charge in [0.05, 0.1) is 0 Å². The predicted octanol–water partition coefficient (Wildman–Crippen LogP) is 2.37. The molecular formula is C21H39N3O6. The summed E-state index contributed by atoms with van der Waals surface area (Å²) in [5.74, 6) is -1.15. The first-order chi connectivity index (χ1) is 13.4. The summed E-state index contributed by atoms with van der Waals surface area (Å²) in [5, 5.41) is 0. The predicted molar refractivity (Wildman–Crippen MR) is 115 cm³/mol. The lowest BCUT2D eigenvalue weighted by Crippen LogP contribution is -2.38. The van der Waals surface area contributed by atoms with Crippen molar-refractivity contribution in [2.75, 3.05) is 0 Å². The molecule has 6 amide bonds. The lowest BCUT2D eigenvalue weighted by atomic mass is 10.3. The Morgan fingerprint density at radius 3 is 0.467 bits per heavy atom. The third kappa shape index (κ3) is 13.6. The fourth-order valence-electron chi connectivity index (χ4n) is 2.85. The van der Waals surface area contributed by atoms with Crippen LogP contribution >= 0.6 is 0 Å². The van der Waals surface area contributed by atoms with Gasteiger partial charge in [0.15, 0.2) is 0 Å². The summed E-state index contributed by atoms with van der Waals surface area (Å²) >= 11 is 0. The summed E-state index contributed by atoms with van der Waals surface area (Å²) in [6.45, 7) is 19.2. The maximum atomic E-state index is 10.7. The van der Waals surface area contributed by atoms with Crippen molar-refractivity contribution in [3.63, 3.8) is 0 Å². The Balaban J connectivity index is -0.000000364. The van der Waals surface area contributed by atoms with E-state index < -0.39 is 0 Å². The molecule has 0 radical (unpaired) electrons. The molecule has 0 aliphatic rings. The van der Waals surface area contributed by atoms with Crippen LogP contribution in [0.1, 0.15) is 83.1 Å². The van der Waals surface area contributed by atoms with E-state index in [0.717, 1.165) is 0 Å². The van der Waals surface area contributed by atoms with E-state index >= 15 is 0 Å². The monoisotopic (exact) mass is 429 g/mol. The van der Waals surface area contributed by atoms with Gasteiger partial charge < -0.3 is 0 Å². The van der Waals surface area contributed by atoms with Crippen molar-refractivity contribution in [1.82, 2.24) is 14.7 Å². The van der Waals surface area contributed by atoms with E-state index in [0.29, 0.717) is 0 Å².